The van der Waals surface area contributed by atoms with Gasteiger partial charge < -0.3 is 4.42 Å². The van der Waals surface area contributed by atoms with E-state index in [-0.39, 0.29) is 45.7 Å². The van der Waals surface area contributed by atoms with E-state index in [1.807, 2.05) is 0 Å². The van der Waals surface area contributed by atoms with Gasteiger partial charge in [-0.1, -0.05) is 6.92 Å². The highest BCUT2D eigenvalue weighted by molar-refractivity contribution is 7.94. The molecule has 0 saturated carbocycles. The van der Waals surface area contributed by atoms with Crippen LogP contribution in [0.1, 0.15) is 13.8 Å². The standard InChI is InChI=1S/C21H18F3N5O4S2/c1-3-28-35(32,21(22,23)24)14-6-7-16-15(11-14)29-20(33-16)18-17(34(30,31)4-2)10-13(12-27-18)19-25-8-5-9-26-19/h5-12H,3-4H2,1-2H3. The molecule has 184 valence electrons. The van der Waals surface area contributed by atoms with Crippen LogP contribution in [0, 0.1) is 0 Å². The number of aromatic nitrogens is 4. The topological polar surface area (TPSA) is 128 Å². The third-order valence-corrected chi connectivity index (χ3v) is 8.78. The molecule has 4 rings (SSSR count). The van der Waals surface area contributed by atoms with Crippen LogP contribution in [0.3, 0.4) is 0 Å². The van der Waals surface area contributed by atoms with Gasteiger partial charge in [-0.3, -0.25) is 0 Å². The smallest absolute Gasteiger partial charge is 0.435 e. The summed E-state index contributed by atoms with van der Waals surface area (Å²) in [6.07, 6.45) is 4.33. The second-order valence-electron chi connectivity index (χ2n) is 7.11. The number of alkyl halides is 3. The third-order valence-electron chi connectivity index (χ3n) is 4.90. The molecule has 1 atom stereocenters. The van der Waals surface area contributed by atoms with Gasteiger partial charge >= 0.3 is 5.51 Å². The Labute approximate surface area is 198 Å². The van der Waals surface area contributed by atoms with Gasteiger partial charge in [0.25, 0.3) is 0 Å². The molecule has 0 aliphatic rings. The number of benzene rings is 1. The Balaban J connectivity index is 1.90. The first-order valence-electron chi connectivity index (χ1n) is 10.2. The number of rotatable bonds is 6. The van der Waals surface area contributed by atoms with Gasteiger partial charge in [0.2, 0.25) is 5.89 Å². The van der Waals surface area contributed by atoms with Crippen LogP contribution in [0.2, 0.25) is 0 Å². The number of nitrogens with zero attached hydrogens (tertiary/aromatic N) is 5. The highest BCUT2D eigenvalue weighted by atomic mass is 32.2. The average molecular weight is 526 g/mol. The first-order chi connectivity index (χ1) is 16.5. The van der Waals surface area contributed by atoms with E-state index in [0.717, 1.165) is 12.1 Å². The van der Waals surface area contributed by atoms with Crippen molar-refractivity contribution in [2.24, 2.45) is 4.36 Å². The van der Waals surface area contributed by atoms with Crippen LogP contribution in [0.5, 0.6) is 0 Å². The lowest BCUT2D eigenvalue weighted by Crippen LogP contribution is -2.23. The molecule has 3 aromatic heterocycles. The van der Waals surface area contributed by atoms with E-state index in [1.165, 1.54) is 44.6 Å². The minimum Gasteiger partial charge on any atom is -0.435 e. The molecule has 1 unspecified atom stereocenters. The molecule has 0 spiro atoms. The Hall–Kier alpha value is -3.39. The van der Waals surface area contributed by atoms with Crippen molar-refractivity contribution in [3.8, 4) is 23.0 Å². The van der Waals surface area contributed by atoms with Gasteiger partial charge in [0, 0.05) is 30.7 Å². The Morgan fingerprint density at radius 3 is 2.37 bits per heavy atom. The van der Waals surface area contributed by atoms with Crippen molar-refractivity contribution in [2.45, 2.75) is 29.1 Å². The van der Waals surface area contributed by atoms with Crippen molar-refractivity contribution in [2.75, 3.05) is 12.3 Å². The summed E-state index contributed by atoms with van der Waals surface area (Å²) in [5.74, 6) is -0.226. The predicted octanol–water partition coefficient (Wildman–Crippen LogP) is 4.51. The minimum absolute atomic E-state index is 0.0567. The maximum atomic E-state index is 13.5. The van der Waals surface area contributed by atoms with Crippen molar-refractivity contribution < 1.29 is 30.2 Å². The average Bonchev–Trinajstić information content (AvgIpc) is 3.27. The maximum Gasteiger partial charge on any atom is 0.483 e. The quantitative estimate of drug-likeness (QED) is 0.360. The molecule has 0 aliphatic carbocycles. The highest BCUT2D eigenvalue weighted by Crippen LogP contribution is 2.36. The highest BCUT2D eigenvalue weighted by Gasteiger charge is 2.44. The van der Waals surface area contributed by atoms with E-state index in [0.29, 0.717) is 5.56 Å². The number of fused-ring (bicyclic) bond motifs is 1. The summed E-state index contributed by atoms with van der Waals surface area (Å²) in [6, 6.07) is 6.09. The van der Waals surface area contributed by atoms with Crippen LogP contribution in [0.25, 0.3) is 34.1 Å². The number of halogens is 3. The lowest BCUT2D eigenvalue weighted by Gasteiger charge is -2.13. The number of oxazole rings is 1. The molecule has 0 fully saturated rings. The molecule has 3 heterocycles. The van der Waals surface area contributed by atoms with E-state index >= 15 is 0 Å². The number of sulfone groups is 1. The summed E-state index contributed by atoms with van der Waals surface area (Å²) in [5, 5.41) is 0. The van der Waals surface area contributed by atoms with Gasteiger partial charge in [-0.05, 0) is 37.3 Å². The van der Waals surface area contributed by atoms with Crippen LogP contribution in [0.15, 0.2) is 67.5 Å². The van der Waals surface area contributed by atoms with Crippen LogP contribution in [-0.4, -0.2) is 50.4 Å². The Morgan fingerprint density at radius 2 is 1.74 bits per heavy atom. The number of pyridine rings is 1. The molecule has 0 N–H and O–H groups in total. The first-order valence-corrected chi connectivity index (χ1v) is 13.4. The van der Waals surface area contributed by atoms with Gasteiger partial charge in [0.1, 0.15) is 11.2 Å². The zero-order chi connectivity index (χ0) is 25.4. The molecular formula is C21H18F3N5O4S2. The molecule has 0 amide bonds. The third kappa shape index (κ3) is 4.50. The first kappa shape index (κ1) is 24.7. The van der Waals surface area contributed by atoms with Crippen LogP contribution >= 0.6 is 0 Å². The minimum atomic E-state index is -5.09. The summed E-state index contributed by atoms with van der Waals surface area (Å²) in [6.45, 7) is 2.50. The molecule has 9 nitrogen and oxygen atoms in total. The second-order valence-corrected chi connectivity index (χ2v) is 11.6. The molecule has 1 aromatic carbocycles. The fourth-order valence-corrected chi connectivity index (χ4v) is 5.71. The fourth-order valence-electron chi connectivity index (χ4n) is 3.21. The SMILES string of the molecule is CCN=S(=O)(c1ccc2oc(-c3ncc(-c4ncccn4)cc3S(=O)(=O)CC)nc2c1)C(F)(F)F. The maximum absolute atomic E-state index is 13.5. The Bertz CT molecular complexity index is 1630. The van der Waals surface area contributed by atoms with Crippen LogP contribution in [-0.2, 0) is 19.6 Å². The van der Waals surface area contributed by atoms with E-state index in [1.54, 1.807) is 6.07 Å². The lowest BCUT2D eigenvalue weighted by atomic mass is 10.2. The molecule has 0 aliphatic heterocycles. The molecule has 35 heavy (non-hydrogen) atoms. The normalized spacial score (nSPS) is 14.1. The number of hydrogen-bond acceptors (Lipinski definition) is 9. The molecule has 0 saturated heterocycles. The molecule has 0 bridgehead atoms. The van der Waals surface area contributed by atoms with Crippen molar-refractivity contribution >= 4 is 30.7 Å². The summed E-state index contributed by atoms with van der Waals surface area (Å²) >= 11 is 0. The zero-order valence-corrected chi connectivity index (χ0v) is 20.0. The Kier molecular flexibility index (Phi) is 6.36. The van der Waals surface area contributed by atoms with E-state index in [2.05, 4.69) is 24.3 Å². The fraction of sp³-hybridized carbons (Fsp3) is 0.238. The van der Waals surface area contributed by atoms with E-state index in [4.69, 9.17) is 4.42 Å². The largest absolute Gasteiger partial charge is 0.483 e. The van der Waals surface area contributed by atoms with Crippen molar-refractivity contribution in [3.05, 3.63) is 48.9 Å². The summed E-state index contributed by atoms with van der Waals surface area (Å²) < 4.78 is 87.9. The van der Waals surface area contributed by atoms with Crippen LogP contribution in [0.4, 0.5) is 13.2 Å². The zero-order valence-electron chi connectivity index (χ0n) is 18.4. The Morgan fingerprint density at radius 1 is 1.03 bits per heavy atom. The lowest BCUT2D eigenvalue weighted by molar-refractivity contribution is -0.0403. The second kappa shape index (κ2) is 9.00. The monoisotopic (exact) mass is 525 g/mol. The van der Waals surface area contributed by atoms with Crippen molar-refractivity contribution in [3.63, 3.8) is 0 Å². The molecular weight excluding hydrogens is 507 g/mol. The summed E-state index contributed by atoms with van der Waals surface area (Å²) in [5.41, 5.74) is -4.88. The molecule has 0 radical (unpaired) electrons. The van der Waals surface area contributed by atoms with Gasteiger partial charge in [-0.25, -0.2) is 36.9 Å². The summed E-state index contributed by atoms with van der Waals surface area (Å²) in [7, 11) is -8.57. The van der Waals surface area contributed by atoms with Gasteiger partial charge in [-0.15, -0.1) is 0 Å². The summed E-state index contributed by atoms with van der Waals surface area (Å²) in [4.78, 5) is 15.8. The van der Waals surface area contributed by atoms with E-state index in [9.17, 15) is 25.8 Å². The van der Waals surface area contributed by atoms with E-state index < -0.39 is 30.0 Å². The predicted molar refractivity (Wildman–Crippen MR) is 121 cm³/mol. The molecule has 14 heteroatoms. The van der Waals surface area contributed by atoms with Gasteiger partial charge in [-0.2, -0.15) is 13.2 Å². The molecule has 4 aromatic rings. The number of hydrogen-bond donors (Lipinski definition) is 0. The van der Waals surface area contributed by atoms with Crippen LogP contribution < -0.4 is 0 Å². The van der Waals surface area contributed by atoms with Gasteiger partial charge in [0.05, 0.1) is 15.5 Å². The van der Waals surface area contributed by atoms with Gasteiger partial charge in [0.15, 0.2) is 31.0 Å². The van der Waals surface area contributed by atoms with Crippen molar-refractivity contribution in [1.82, 2.24) is 19.9 Å². The van der Waals surface area contributed by atoms with Crippen molar-refractivity contribution in [1.29, 1.82) is 0 Å².